The van der Waals surface area contributed by atoms with Crippen LogP contribution in [-0.2, 0) is 0 Å². The molecular weight excluding hydrogens is 170 g/mol. The van der Waals surface area contributed by atoms with Gasteiger partial charge in [0.1, 0.15) is 0 Å². The summed E-state index contributed by atoms with van der Waals surface area (Å²) in [6, 6.07) is 0.480. The lowest BCUT2D eigenvalue weighted by atomic mass is 9.74. The zero-order valence-corrected chi connectivity index (χ0v) is 10.1. The Morgan fingerprint density at radius 2 is 1.57 bits per heavy atom. The Hall–Kier alpha value is -0.0400. The van der Waals surface area contributed by atoms with Crippen molar-refractivity contribution in [2.45, 2.75) is 65.3 Å². The molecular formula is C13H27N. The van der Waals surface area contributed by atoms with E-state index in [1.807, 2.05) is 0 Å². The minimum Gasteiger partial charge on any atom is -0.327 e. The molecule has 0 aromatic heterocycles. The maximum Gasteiger partial charge on any atom is 0.00670 e. The standard InChI is InChI=1S/C13H27N/c1-4-5-13(14)12-8-6-11(7-9-12)10(2)3/h10-13H,4-9,14H2,1-3H3/t11?,12?,13-/m0/s1. The third kappa shape index (κ3) is 3.27. The molecule has 1 aliphatic rings. The molecule has 0 aromatic rings. The maximum atomic E-state index is 6.18. The molecule has 1 saturated carbocycles. The molecule has 0 radical (unpaired) electrons. The number of hydrogen-bond acceptors (Lipinski definition) is 1. The Morgan fingerprint density at radius 1 is 1.07 bits per heavy atom. The Bertz CT molecular complexity index is 145. The first-order valence-corrected chi connectivity index (χ1v) is 6.40. The Morgan fingerprint density at radius 3 is 2.00 bits per heavy atom. The molecule has 1 nitrogen and oxygen atoms in total. The monoisotopic (exact) mass is 197 g/mol. The van der Waals surface area contributed by atoms with E-state index in [0.29, 0.717) is 6.04 Å². The van der Waals surface area contributed by atoms with E-state index in [-0.39, 0.29) is 0 Å². The second-order valence-electron chi connectivity index (χ2n) is 5.37. The average Bonchev–Trinajstić information content (AvgIpc) is 2.18. The summed E-state index contributed by atoms with van der Waals surface area (Å²) in [6.07, 6.45) is 8.05. The second kappa shape index (κ2) is 5.75. The van der Waals surface area contributed by atoms with Gasteiger partial charge in [0.2, 0.25) is 0 Å². The zero-order chi connectivity index (χ0) is 10.6. The van der Waals surface area contributed by atoms with Crippen LogP contribution in [0.15, 0.2) is 0 Å². The van der Waals surface area contributed by atoms with Crippen molar-refractivity contribution in [1.29, 1.82) is 0 Å². The third-order valence-corrected chi connectivity index (χ3v) is 3.99. The molecule has 0 amide bonds. The minimum absolute atomic E-state index is 0.480. The maximum absolute atomic E-state index is 6.18. The molecule has 0 saturated heterocycles. The van der Waals surface area contributed by atoms with Crippen LogP contribution in [0.3, 0.4) is 0 Å². The fraction of sp³-hybridized carbons (Fsp3) is 1.00. The molecule has 14 heavy (non-hydrogen) atoms. The van der Waals surface area contributed by atoms with Crippen molar-refractivity contribution >= 4 is 0 Å². The molecule has 0 spiro atoms. The third-order valence-electron chi connectivity index (χ3n) is 3.99. The van der Waals surface area contributed by atoms with E-state index in [0.717, 1.165) is 17.8 Å². The number of nitrogens with two attached hydrogens (primary N) is 1. The summed E-state index contributed by atoms with van der Waals surface area (Å²) in [5.74, 6) is 2.67. The molecule has 1 atom stereocenters. The molecule has 1 heteroatoms. The fourth-order valence-corrected chi connectivity index (χ4v) is 2.81. The van der Waals surface area contributed by atoms with Crippen molar-refractivity contribution in [3.63, 3.8) is 0 Å². The van der Waals surface area contributed by atoms with Crippen LogP contribution in [0.25, 0.3) is 0 Å². The van der Waals surface area contributed by atoms with E-state index in [4.69, 9.17) is 5.73 Å². The van der Waals surface area contributed by atoms with Gasteiger partial charge in [0.05, 0.1) is 0 Å². The van der Waals surface area contributed by atoms with Gasteiger partial charge in [-0.1, -0.05) is 27.2 Å². The van der Waals surface area contributed by atoms with E-state index in [9.17, 15) is 0 Å². The van der Waals surface area contributed by atoms with Gasteiger partial charge in [0, 0.05) is 6.04 Å². The molecule has 2 N–H and O–H groups in total. The van der Waals surface area contributed by atoms with Gasteiger partial charge in [0.25, 0.3) is 0 Å². The van der Waals surface area contributed by atoms with Crippen LogP contribution in [0.4, 0.5) is 0 Å². The zero-order valence-electron chi connectivity index (χ0n) is 10.1. The van der Waals surface area contributed by atoms with Gasteiger partial charge < -0.3 is 5.73 Å². The molecule has 0 aliphatic heterocycles. The predicted molar refractivity (Wildman–Crippen MR) is 63.2 cm³/mol. The van der Waals surface area contributed by atoms with E-state index >= 15 is 0 Å². The van der Waals surface area contributed by atoms with Gasteiger partial charge in [-0.05, 0) is 49.9 Å². The topological polar surface area (TPSA) is 26.0 Å². The lowest BCUT2D eigenvalue weighted by Gasteiger charge is -2.33. The Kier molecular flexibility index (Phi) is 4.94. The molecule has 1 aliphatic carbocycles. The molecule has 0 bridgehead atoms. The molecule has 84 valence electrons. The first-order chi connectivity index (χ1) is 6.65. The quantitative estimate of drug-likeness (QED) is 0.732. The van der Waals surface area contributed by atoms with Gasteiger partial charge in [-0.3, -0.25) is 0 Å². The van der Waals surface area contributed by atoms with Gasteiger partial charge in [-0.15, -0.1) is 0 Å². The molecule has 1 fully saturated rings. The summed E-state index contributed by atoms with van der Waals surface area (Å²) in [4.78, 5) is 0. The number of rotatable bonds is 4. The van der Waals surface area contributed by atoms with Crippen LogP contribution >= 0.6 is 0 Å². The van der Waals surface area contributed by atoms with Crippen molar-refractivity contribution < 1.29 is 0 Å². The molecule has 0 aromatic carbocycles. The van der Waals surface area contributed by atoms with E-state index < -0.39 is 0 Å². The van der Waals surface area contributed by atoms with Gasteiger partial charge in [0.15, 0.2) is 0 Å². The number of hydrogen-bond donors (Lipinski definition) is 1. The molecule has 0 unspecified atom stereocenters. The first-order valence-electron chi connectivity index (χ1n) is 6.40. The Balaban J connectivity index is 2.28. The SMILES string of the molecule is CCC[C@H](N)C1CCC(C(C)C)CC1. The van der Waals surface area contributed by atoms with Crippen LogP contribution < -0.4 is 5.73 Å². The van der Waals surface area contributed by atoms with Gasteiger partial charge in [-0.2, -0.15) is 0 Å². The molecule has 0 heterocycles. The first kappa shape index (κ1) is 12.0. The van der Waals surface area contributed by atoms with Crippen LogP contribution in [0.1, 0.15) is 59.3 Å². The van der Waals surface area contributed by atoms with Crippen molar-refractivity contribution in [3.05, 3.63) is 0 Å². The fourth-order valence-electron chi connectivity index (χ4n) is 2.81. The van der Waals surface area contributed by atoms with Gasteiger partial charge in [-0.25, -0.2) is 0 Å². The van der Waals surface area contributed by atoms with E-state index in [2.05, 4.69) is 20.8 Å². The summed E-state index contributed by atoms with van der Waals surface area (Å²) in [5.41, 5.74) is 6.18. The smallest absolute Gasteiger partial charge is 0.00670 e. The van der Waals surface area contributed by atoms with E-state index in [1.54, 1.807) is 0 Å². The average molecular weight is 197 g/mol. The molecule has 1 rings (SSSR count). The second-order valence-corrected chi connectivity index (χ2v) is 5.37. The summed E-state index contributed by atoms with van der Waals surface area (Å²) in [7, 11) is 0. The minimum atomic E-state index is 0.480. The van der Waals surface area contributed by atoms with Crippen molar-refractivity contribution in [1.82, 2.24) is 0 Å². The highest BCUT2D eigenvalue weighted by Gasteiger charge is 2.26. The summed E-state index contributed by atoms with van der Waals surface area (Å²) < 4.78 is 0. The largest absolute Gasteiger partial charge is 0.327 e. The highest BCUT2D eigenvalue weighted by atomic mass is 14.6. The summed E-state index contributed by atoms with van der Waals surface area (Å²) >= 11 is 0. The lowest BCUT2D eigenvalue weighted by Crippen LogP contribution is -2.33. The van der Waals surface area contributed by atoms with Crippen molar-refractivity contribution in [3.8, 4) is 0 Å². The van der Waals surface area contributed by atoms with Gasteiger partial charge >= 0.3 is 0 Å². The highest BCUT2D eigenvalue weighted by Crippen LogP contribution is 2.34. The Labute approximate surface area is 89.5 Å². The van der Waals surface area contributed by atoms with E-state index in [1.165, 1.54) is 38.5 Å². The van der Waals surface area contributed by atoms with Crippen LogP contribution in [0.5, 0.6) is 0 Å². The van der Waals surface area contributed by atoms with Crippen molar-refractivity contribution in [2.75, 3.05) is 0 Å². The summed E-state index contributed by atoms with van der Waals surface area (Å²) in [5, 5.41) is 0. The van der Waals surface area contributed by atoms with Crippen LogP contribution in [-0.4, -0.2) is 6.04 Å². The lowest BCUT2D eigenvalue weighted by molar-refractivity contribution is 0.199. The van der Waals surface area contributed by atoms with Crippen molar-refractivity contribution in [2.24, 2.45) is 23.5 Å². The summed E-state index contributed by atoms with van der Waals surface area (Å²) in [6.45, 7) is 6.95. The predicted octanol–water partition coefficient (Wildman–Crippen LogP) is 3.58. The van der Waals surface area contributed by atoms with Crippen LogP contribution in [0.2, 0.25) is 0 Å². The van der Waals surface area contributed by atoms with Crippen LogP contribution in [0, 0.1) is 17.8 Å². The normalized spacial score (nSPS) is 30.6. The highest BCUT2D eigenvalue weighted by molar-refractivity contribution is 4.80.